The van der Waals surface area contributed by atoms with E-state index in [0.29, 0.717) is 47.9 Å². The minimum Gasteiger partial charge on any atom is -0.457 e. The monoisotopic (exact) mass is 433 g/mol. The lowest BCUT2D eigenvalue weighted by Gasteiger charge is -2.40. The number of hydrogen-bond donors (Lipinski definition) is 4. The number of nitrogens with two attached hydrogens (primary N) is 1. The summed E-state index contributed by atoms with van der Waals surface area (Å²) in [7, 11) is 0. The second kappa shape index (κ2) is 8.29. The van der Waals surface area contributed by atoms with Gasteiger partial charge in [-0.05, 0) is 68.8 Å². The van der Waals surface area contributed by atoms with Gasteiger partial charge in [-0.1, -0.05) is 18.2 Å². The molecule has 0 bridgehead atoms. The van der Waals surface area contributed by atoms with Crippen LogP contribution in [-0.2, 0) is 0 Å². The molecule has 0 spiro atoms. The summed E-state index contributed by atoms with van der Waals surface area (Å²) in [5, 5.41) is 22.8. The zero-order valence-electron chi connectivity index (χ0n) is 17.8. The molecule has 166 valence electrons. The van der Waals surface area contributed by atoms with E-state index >= 15 is 0 Å². The van der Waals surface area contributed by atoms with Crippen molar-refractivity contribution in [3.63, 3.8) is 0 Å². The molecule has 3 aromatic rings. The fourth-order valence-electron chi connectivity index (χ4n) is 4.76. The fraction of sp³-hybridized carbons (Fsp3) is 0.333. The number of nitrogens with one attached hydrogen (secondary N) is 2. The molecule has 1 fully saturated rings. The highest BCUT2D eigenvalue weighted by Gasteiger charge is 2.44. The quantitative estimate of drug-likeness (QED) is 0.492. The Bertz CT molecular complexity index is 1100. The Balaban J connectivity index is 1.50. The molecule has 1 aromatic heterocycles. The Morgan fingerprint density at radius 2 is 1.75 bits per heavy atom. The number of aromatic nitrogens is 2. The lowest BCUT2D eigenvalue weighted by Crippen LogP contribution is -2.47. The zero-order chi connectivity index (χ0) is 22.1. The number of para-hydroxylation sites is 1. The number of fused-ring (bicyclic) bond motifs is 1. The Morgan fingerprint density at radius 3 is 2.44 bits per heavy atom. The average molecular weight is 434 g/mol. The molecule has 0 saturated carbocycles. The van der Waals surface area contributed by atoms with Gasteiger partial charge in [-0.3, -0.25) is 4.79 Å². The first-order chi connectivity index (χ1) is 15.5. The summed E-state index contributed by atoms with van der Waals surface area (Å²) in [4.78, 5) is 12.4. The number of hydrogen-bond acceptors (Lipinski definition) is 6. The van der Waals surface area contributed by atoms with Crippen LogP contribution in [0.1, 0.15) is 41.4 Å². The molecule has 5 rings (SSSR count). The fourth-order valence-corrected chi connectivity index (χ4v) is 4.76. The van der Waals surface area contributed by atoms with Crippen molar-refractivity contribution in [3.05, 3.63) is 66.0 Å². The van der Waals surface area contributed by atoms with E-state index in [-0.39, 0.29) is 5.92 Å². The van der Waals surface area contributed by atoms with Gasteiger partial charge < -0.3 is 26.2 Å². The van der Waals surface area contributed by atoms with E-state index in [2.05, 4.69) is 10.6 Å². The van der Waals surface area contributed by atoms with Crippen molar-refractivity contribution in [2.75, 3.05) is 25.0 Å². The van der Waals surface area contributed by atoms with E-state index in [1.54, 1.807) is 4.68 Å². The lowest BCUT2D eigenvalue weighted by atomic mass is 9.75. The molecule has 2 aromatic carbocycles. The summed E-state index contributed by atoms with van der Waals surface area (Å²) in [6.45, 7) is 2.19. The normalized spacial score (nSPS) is 19.6. The minimum atomic E-state index is -0.844. The zero-order valence-corrected chi connectivity index (χ0v) is 17.8. The van der Waals surface area contributed by atoms with Crippen LogP contribution in [0.4, 0.5) is 5.69 Å². The predicted molar refractivity (Wildman–Crippen MR) is 121 cm³/mol. The van der Waals surface area contributed by atoms with Crippen LogP contribution in [0.5, 0.6) is 11.5 Å². The van der Waals surface area contributed by atoms with E-state index in [1.807, 2.05) is 54.6 Å². The maximum Gasteiger partial charge on any atom is 0.269 e. The molecule has 8 heteroatoms. The van der Waals surface area contributed by atoms with E-state index in [0.717, 1.165) is 25.3 Å². The van der Waals surface area contributed by atoms with Gasteiger partial charge in [-0.2, -0.15) is 5.10 Å². The van der Waals surface area contributed by atoms with Crippen LogP contribution in [-0.4, -0.2) is 46.0 Å². The minimum absolute atomic E-state index is 0.152. The van der Waals surface area contributed by atoms with Crippen LogP contribution in [0.2, 0.25) is 0 Å². The van der Waals surface area contributed by atoms with Gasteiger partial charge in [0, 0.05) is 12.5 Å². The smallest absolute Gasteiger partial charge is 0.269 e. The van der Waals surface area contributed by atoms with E-state index in [4.69, 9.17) is 15.6 Å². The van der Waals surface area contributed by atoms with Gasteiger partial charge in [0.1, 0.15) is 11.5 Å². The number of anilines is 1. The Kier molecular flexibility index (Phi) is 5.32. The first kappa shape index (κ1) is 20.5. The van der Waals surface area contributed by atoms with Gasteiger partial charge in [0.15, 0.2) is 5.69 Å². The van der Waals surface area contributed by atoms with E-state index < -0.39 is 11.5 Å². The molecule has 2 aliphatic rings. The van der Waals surface area contributed by atoms with Crippen LogP contribution in [0, 0.1) is 0 Å². The summed E-state index contributed by atoms with van der Waals surface area (Å²) >= 11 is 0. The Hall–Kier alpha value is -3.36. The third kappa shape index (κ3) is 3.72. The van der Waals surface area contributed by atoms with Crippen molar-refractivity contribution in [2.45, 2.75) is 30.8 Å². The van der Waals surface area contributed by atoms with Crippen molar-refractivity contribution in [3.8, 4) is 17.2 Å². The molecule has 3 heterocycles. The largest absolute Gasteiger partial charge is 0.457 e. The summed E-state index contributed by atoms with van der Waals surface area (Å²) < 4.78 is 7.44. The average Bonchev–Trinajstić information content (AvgIpc) is 3.21. The predicted octanol–water partition coefficient (Wildman–Crippen LogP) is 2.78. The molecule has 0 radical (unpaired) electrons. The highest BCUT2D eigenvalue weighted by atomic mass is 16.5. The van der Waals surface area contributed by atoms with Crippen molar-refractivity contribution < 1.29 is 14.6 Å². The molecule has 0 aliphatic carbocycles. The number of amides is 1. The molecule has 5 N–H and O–H groups in total. The number of piperidine rings is 1. The first-order valence-corrected chi connectivity index (χ1v) is 11.0. The third-order valence-corrected chi connectivity index (χ3v) is 6.39. The van der Waals surface area contributed by atoms with Gasteiger partial charge in [0.2, 0.25) is 0 Å². The molecule has 2 aliphatic heterocycles. The maximum absolute atomic E-state index is 12.4. The molecule has 8 nitrogen and oxygen atoms in total. The summed E-state index contributed by atoms with van der Waals surface area (Å²) in [5.41, 5.74) is 7.27. The summed E-state index contributed by atoms with van der Waals surface area (Å²) in [5.74, 6) is 0.710. The van der Waals surface area contributed by atoms with Crippen LogP contribution in [0.3, 0.4) is 0 Å². The second-order valence-electron chi connectivity index (χ2n) is 8.42. The Labute approximate surface area is 186 Å². The number of nitrogens with zero attached hydrogens (tertiary/aromatic N) is 2. The number of carbonyl (C=O) groups excluding carboxylic acids is 1. The van der Waals surface area contributed by atoms with E-state index in [9.17, 15) is 9.90 Å². The highest BCUT2D eigenvalue weighted by Crippen LogP contribution is 2.44. The molecule has 1 saturated heterocycles. The summed E-state index contributed by atoms with van der Waals surface area (Å²) in [6, 6.07) is 16.9. The van der Waals surface area contributed by atoms with Gasteiger partial charge in [-0.25, -0.2) is 4.68 Å². The number of primary amides is 1. The van der Waals surface area contributed by atoms with Gasteiger partial charge >= 0.3 is 0 Å². The van der Waals surface area contributed by atoms with Crippen molar-refractivity contribution >= 4 is 11.6 Å². The Morgan fingerprint density at radius 1 is 1.06 bits per heavy atom. The van der Waals surface area contributed by atoms with E-state index in [1.165, 1.54) is 0 Å². The van der Waals surface area contributed by atoms with Crippen molar-refractivity contribution in [1.82, 2.24) is 15.1 Å². The molecular formula is C24H27N5O3. The maximum atomic E-state index is 12.4. The molecule has 32 heavy (non-hydrogen) atoms. The van der Waals surface area contributed by atoms with Crippen LogP contribution in [0.15, 0.2) is 54.6 Å². The topological polar surface area (TPSA) is 114 Å². The van der Waals surface area contributed by atoms with Crippen LogP contribution in [0.25, 0.3) is 5.69 Å². The molecular weight excluding hydrogens is 406 g/mol. The number of ether oxygens (including phenoxy) is 1. The number of benzene rings is 2. The summed E-state index contributed by atoms with van der Waals surface area (Å²) in [6.07, 6.45) is 2.06. The van der Waals surface area contributed by atoms with Gasteiger partial charge in [-0.15, -0.1) is 0 Å². The SMILES string of the molecule is NC(=O)c1c2c(nn1-c1ccc(Oc3ccccc3)cc1)C(C1(O)CCNCC1)CCN2. The lowest BCUT2D eigenvalue weighted by molar-refractivity contribution is -0.0192. The number of rotatable bonds is 5. The van der Waals surface area contributed by atoms with Gasteiger partial charge in [0.25, 0.3) is 5.91 Å². The van der Waals surface area contributed by atoms with Crippen LogP contribution < -0.4 is 21.1 Å². The standard InChI is InChI=1S/C24H27N5O3/c25-23(30)22-21-20(19(10-13-27-21)24(31)11-14-26-15-12-24)28-29(22)16-6-8-18(9-7-16)32-17-4-2-1-3-5-17/h1-9,19,26-27,31H,10-15H2,(H2,25,30). The molecule has 1 unspecified atom stereocenters. The number of aliphatic hydroxyl groups is 1. The first-order valence-electron chi connectivity index (χ1n) is 11.0. The third-order valence-electron chi connectivity index (χ3n) is 6.39. The molecule has 1 atom stereocenters. The number of carbonyl (C=O) groups is 1. The van der Waals surface area contributed by atoms with Crippen molar-refractivity contribution in [2.24, 2.45) is 5.73 Å². The second-order valence-corrected chi connectivity index (χ2v) is 8.42. The molecule has 1 amide bonds. The highest BCUT2D eigenvalue weighted by molar-refractivity contribution is 5.98. The van der Waals surface area contributed by atoms with Crippen molar-refractivity contribution in [1.29, 1.82) is 0 Å². The van der Waals surface area contributed by atoms with Crippen LogP contribution >= 0.6 is 0 Å². The van der Waals surface area contributed by atoms with Gasteiger partial charge in [0.05, 0.1) is 22.7 Å².